The van der Waals surface area contributed by atoms with Crippen molar-refractivity contribution in [3.63, 3.8) is 0 Å². The van der Waals surface area contributed by atoms with E-state index in [1.54, 1.807) is 12.1 Å². The van der Waals surface area contributed by atoms with Gasteiger partial charge in [-0.25, -0.2) is 0 Å². The molecule has 0 N–H and O–H groups in total. The van der Waals surface area contributed by atoms with Gasteiger partial charge in [-0.3, -0.25) is 10.1 Å². The second-order valence-electron chi connectivity index (χ2n) is 5.59. The predicted octanol–water partition coefficient (Wildman–Crippen LogP) is 3.42. The molecule has 0 aromatic heterocycles. The highest BCUT2D eigenvalue weighted by molar-refractivity contribution is 5.49. The Labute approximate surface area is 118 Å². The molecule has 0 radical (unpaired) electrons. The van der Waals surface area contributed by atoms with E-state index in [0.29, 0.717) is 24.9 Å². The third-order valence-electron chi connectivity index (χ3n) is 4.08. The number of ether oxygens (including phenoxy) is 2. The summed E-state index contributed by atoms with van der Waals surface area (Å²) in [7, 11) is 0. The Morgan fingerprint density at radius 3 is 2.70 bits per heavy atom. The fourth-order valence-electron chi connectivity index (χ4n) is 2.84. The monoisotopic (exact) mass is 277 g/mol. The molecule has 20 heavy (non-hydrogen) atoms. The highest BCUT2D eigenvalue weighted by atomic mass is 16.6. The van der Waals surface area contributed by atoms with Gasteiger partial charge in [0.1, 0.15) is 12.7 Å². The Balaban J connectivity index is 1.78. The van der Waals surface area contributed by atoms with Gasteiger partial charge >= 0.3 is 5.69 Å². The normalized spacial score (nSPS) is 22.5. The Hall–Kier alpha value is -1.62. The molecular formula is C15H19NO4. The maximum Gasteiger partial charge on any atom is 0.311 e. The lowest BCUT2D eigenvalue weighted by atomic mass is 9.84. The Bertz CT molecular complexity index is 493. The van der Waals surface area contributed by atoms with Crippen molar-refractivity contribution in [3.05, 3.63) is 33.9 Å². The van der Waals surface area contributed by atoms with Crippen LogP contribution in [0.3, 0.4) is 0 Å². The third kappa shape index (κ3) is 3.10. The van der Waals surface area contributed by atoms with Gasteiger partial charge in [-0.1, -0.05) is 25.3 Å². The molecule has 1 aliphatic carbocycles. The molecule has 0 unspecified atom stereocenters. The van der Waals surface area contributed by atoms with Crippen LogP contribution < -0.4 is 4.74 Å². The van der Waals surface area contributed by atoms with Crippen LogP contribution in [0.1, 0.15) is 43.6 Å². The summed E-state index contributed by atoms with van der Waals surface area (Å²) in [6.07, 6.45) is 6.08. The van der Waals surface area contributed by atoms with Crippen molar-refractivity contribution in [2.24, 2.45) is 0 Å². The maximum atomic E-state index is 11.2. The fourth-order valence-corrected chi connectivity index (χ4v) is 2.84. The molecule has 1 saturated carbocycles. The van der Waals surface area contributed by atoms with Crippen LogP contribution in [0.25, 0.3) is 0 Å². The van der Waals surface area contributed by atoms with E-state index in [-0.39, 0.29) is 16.7 Å². The lowest BCUT2D eigenvalue weighted by molar-refractivity contribution is -0.386. The minimum atomic E-state index is -0.352. The Morgan fingerprint density at radius 2 is 2.05 bits per heavy atom. The van der Waals surface area contributed by atoms with Crippen molar-refractivity contribution >= 4 is 5.69 Å². The van der Waals surface area contributed by atoms with Gasteiger partial charge in [-0.2, -0.15) is 0 Å². The molecule has 0 amide bonds. The minimum Gasteiger partial charge on any atom is -0.484 e. The van der Waals surface area contributed by atoms with Crippen molar-refractivity contribution in [1.82, 2.24) is 0 Å². The van der Waals surface area contributed by atoms with Crippen LogP contribution in [0.2, 0.25) is 0 Å². The van der Waals surface area contributed by atoms with E-state index in [1.165, 1.54) is 19.3 Å². The average Bonchev–Trinajstić information content (AvgIpc) is 3.30. The topological polar surface area (TPSA) is 64.9 Å². The largest absolute Gasteiger partial charge is 0.484 e. The van der Waals surface area contributed by atoms with E-state index in [1.807, 2.05) is 6.07 Å². The zero-order valence-electron chi connectivity index (χ0n) is 11.4. The van der Waals surface area contributed by atoms with E-state index >= 15 is 0 Å². The number of epoxide rings is 1. The average molecular weight is 277 g/mol. The van der Waals surface area contributed by atoms with Crippen molar-refractivity contribution in [2.45, 2.75) is 44.1 Å². The first kappa shape index (κ1) is 13.4. The SMILES string of the molecule is O=[N+]([O-])c1cc(C2CCCCC2)ccc1OC[C@H]1CO1. The van der Waals surface area contributed by atoms with Gasteiger partial charge in [0, 0.05) is 6.07 Å². The molecule has 1 heterocycles. The van der Waals surface area contributed by atoms with Gasteiger partial charge in [0.15, 0.2) is 5.75 Å². The van der Waals surface area contributed by atoms with Crippen LogP contribution in [0.4, 0.5) is 5.69 Å². The number of rotatable bonds is 5. The molecule has 1 aliphatic heterocycles. The molecule has 1 aromatic rings. The van der Waals surface area contributed by atoms with Crippen LogP contribution in [0.5, 0.6) is 5.75 Å². The lowest BCUT2D eigenvalue weighted by Gasteiger charge is -2.22. The highest BCUT2D eigenvalue weighted by Crippen LogP contribution is 2.37. The van der Waals surface area contributed by atoms with Crippen LogP contribution in [-0.4, -0.2) is 24.2 Å². The van der Waals surface area contributed by atoms with Crippen LogP contribution in [-0.2, 0) is 4.74 Å². The summed E-state index contributed by atoms with van der Waals surface area (Å²) >= 11 is 0. The van der Waals surface area contributed by atoms with Gasteiger partial charge in [0.25, 0.3) is 0 Å². The number of hydrogen-bond donors (Lipinski definition) is 0. The summed E-state index contributed by atoms with van der Waals surface area (Å²) in [5.74, 6) is 0.813. The second-order valence-corrected chi connectivity index (χ2v) is 5.59. The molecule has 3 rings (SSSR count). The quantitative estimate of drug-likeness (QED) is 0.470. The van der Waals surface area contributed by atoms with Crippen molar-refractivity contribution in [3.8, 4) is 5.75 Å². The van der Waals surface area contributed by atoms with Crippen LogP contribution >= 0.6 is 0 Å². The molecule has 1 aromatic carbocycles. The summed E-state index contributed by atoms with van der Waals surface area (Å²) in [6, 6.07) is 5.41. The van der Waals surface area contributed by atoms with Crippen molar-refractivity contribution in [2.75, 3.05) is 13.2 Å². The summed E-state index contributed by atoms with van der Waals surface area (Å²) in [5.41, 5.74) is 1.15. The highest BCUT2D eigenvalue weighted by Gasteiger charge is 2.26. The standard InChI is InChI=1S/C15H19NO4/c17-16(18)14-8-12(11-4-2-1-3-5-11)6-7-15(14)20-10-13-9-19-13/h6-8,11,13H,1-5,9-10H2/t13-/m1/s1. The fraction of sp³-hybridized carbons (Fsp3) is 0.600. The number of nitrogens with zero attached hydrogens (tertiary/aromatic N) is 1. The first-order valence-electron chi connectivity index (χ1n) is 7.27. The summed E-state index contributed by atoms with van der Waals surface area (Å²) in [4.78, 5) is 10.9. The van der Waals surface area contributed by atoms with Gasteiger partial charge in [0.2, 0.25) is 0 Å². The van der Waals surface area contributed by atoms with E-state index < -0.39 is 0 Å². The van der Waals surface area contributed by atoms with Gasteiger partial charge < -0.3 is 9.47 Å². The molecule has 1 atom stereocenters. The van der Waals surface area contributed by atoms with Crippen molar-refractivity contribution in [1.29, 1.82) is 0 Å². The zero-order chi connectivity index (χ0) is 13.9. The van der Waals surface area contributed by atoms with Crippen LogP contribution in [0.15, 0.2) is 18.2 Å². The molecule has 5 nitrogen and oxygen atoms in total. The number of benzene rings is 1. The Kier molecular flexibility index (Phi) is 3.87. The van der Waals surface area contributed by atoms with Crippen LogP contribution in [0, 0.1) is 10.1 Å². The molecule has 108 valence electrons. The van der Waals surface area contributed by atoms with E-state index in [9.17, 15) is 10.1 Å². The van der Waals surface area contributed by atoms with E-state index in [2.05, 4.69) is 0 Å². The molecule has 0 bridgehead atoms. The summed E-state index contributed by atoms with van der Waals surface area (Å²) in [6.45, 7) is 1.08. The van der Waals surface area contributed by atoms with E-state index in [4.69, 9.17) is 9.47 Å². The minimum absolute atomic E-state index is 0.0775. The molecule has 0 spiro atoms. The van der Waals surface area contributed by atoms with Gasteiger partial charge in [-0.15, -0.1) is 0 Å². The molecule has 1 saturated heterocycles. The molecule has 2 aliphatic rings. The number of nitro benzene ring substituents is 1. The molecule has 2 fully saturated rings. The first-order valence-corrected chi connectivity index (χ1v) is 7.27. The lowest BCUT2D eigenvalue weighted by Crippen LogP contribution is -2.08. The second kappa shape index (κ2) is 5.79. The molecule has 5 heteroatoms. The third-order valence-corrected chi connectivity index (χ3v) is 4.08. The summed E-state index contributed by atoms with van der Waals surface area (Å²) in [5, 5.41) is 11.2. The summed E-state index contributed by atoms with van der Waals surface area (Å²) < 4.78 is 10.6. The maximum absolute atomic E-state index is 11.2. The van der Waals surface area contributed by atoms with Gasteiger partial charge in [0.05, 0.1) is 11.5 Å². The predicted molar refractivity (Wildman–Crippen MR) is 74.2 cm³/mol. The molecular weight excluding hydrogens is 258 g/mol. The Morgan fingerprint density at radius 1 is 1.30 bits per heavy atom. The van der Waals surface area contributed by atoms with Gasteiger partial charge in [-0.05, 0) is 30.4 Å². The number of hydrogen-bond acceptors (Lipinski definition) is 4. The van der Waals surface area contributed by atoms with E-state index in [0.717, 1.165) is 18.4 Å². The van der Waals surface area contributed by atoms with Crippen molar-refractivity contribution < 1.29 is 14.4 Å². The smallest absolute Gasteiger partial charge is 0.311 e. The zero-order valence-corrected chi connectivity index (χ0v) is 11.4. The first-order chi connectivity index (χ1) is 9.74. The number of nitro groups is 1.